The van der Waals surface area contributed by atoms with Crippen LogP contribution in [0.3, 0.4) is 0 Å². The van der Waals surface area contributed by atoms with Crippen LogP contribution in [-0.4, -0.2) is 30.8 Å². The lowest BCUT2D eigenvalue weighted by Crippen LogP contribution is -2.33. The number of nitrogens with zero attached hydrogens (tertiary/aromatic N) is 2. The zero-order valence-corrected chi connectivity index (χ0v) is 20.9. The van der Waals surface area contributed by atoms with Crippen LogP contribution < -0.4 is 0 Å². The van der Waals surface area contributed by atoms with E-state index in [2.05, 4.69) is 50.7 Å². The Hall–Kier alpha value is 0.460. The van der Waals surface area contributed by atoms with Gasteiger partial charge in [0.25, 0.3) is 10.0 Å². The molecule has 148 valence electrons. The summed E-state index contributed by atoms with van der Waals surface area (Å²) in [6.45, 7) is 5.50. The van der Waals surface area contributed by atoms with Gasteiger partial charge in [0.1, 0.15) is 5.52 Å². The third-order valence-corrected chi connectivity index (χ3v) is 10.5. The fourth-order valence-corrected chi connectivity index (χ4v) is 8.91. The molecule has 0 unspecified atom stereocenters. The van der Waals surface area contributed by atoms with Crippen LogP contribution in [0.1, 0.15) is 65.2 Å². The number of rotatable bonds is 12. The molecule has 0 aliphatic heterocycles. The first-order chi connectivity index (χ1) is 12.4. The van der Waals surface area contributed by atoms with Gasteiger partial charge in [-0.15, -0.1) is 11.3 Å². The number of sulfonamides is 1. The summed E-state index contributed by atoms with van der Waals surface area (Å²) in [7, 11) is -3.54. The summed E-state index contributed by atoms with van der Waals surface area (Å²) < 4.78 is 31.0. The van der Waals surface area contributed by atoms with Crippen molar-refractivity contribution < 1.29 is 8.42 Å². The van der Waals surface area contributed by atoms with E-state index in [0.717, 1.165) is 69.2 Å². The second-order valence-electron chi connectivity index (χ2n) is 6.33. The molecule has 0 aliphatic carbocycles. The molecule has 0 radical (unpaired) electrons. The Balaban J connectivity index is 2.19. The van der Waals surface area contributed by atoms with Crippen molar-refractivity contribution in [3.8, 4) is 0 Å². The van der Waals surface area contributed by atoms with E-state index in [1.165, 1.54) is 22.7 Å². The third-order valence-electron chi connectivity index (χ3n) is 4.23. The van der Waals surface area contributed by atoms with Crippen molar-refractivity contribution in [3.05, 3.63) is 7.57 Å². The van der Waals surface area contributed by atoms with Crippen molar-refractivity contribution in [3.63, 3.8) is 0 Å². The quantitative estimate of drug-likeness (QED) is 0.269. The van der Waals surface area contributed by atoms with Crippen molar-refractivity contribution in [1.29, 1.82) is 0 Å². The second kappa shape index (κ2) is 10.9. The predicted molar refractivity (Wildman–Crippen MR) is 120 cm³/mol. The monoisotopic (exact) mass is 544 g/mol. The van der Waals surface area contributed by atoms with Gasteiger partial charge in [-0.2, -0.15) is 4.31 Å². The van der Waals surface area contributed by atoms with E-state index in [9.17, 15) is 8.42 Å². The minimum Gasteiger partial charge on any atom is -0.222 e. The average Bonchev–Trinajstić information content (AvgIpc) is 3.16. The van der Waals surface area contributed by atoms with Gasteiger partial charge in [0, 0.05) is 13.1 Å². The molecule has 4 nitrogen and oxygen atoms in total. The van der Waals surface area contributed by atoms with E-state index >= 15 is 0 Å². The van der Waals surface area contributed by atoms with Crippen LogP contribution >= 0.6 is 54.5 Å². The molecule has 9 heteroatoms. The van der Waals surface area contributed by atoms with Gasteiger partial charge in [-0.1, -0.05) is 63.7 Å². The highest BCUT2D eigenvalue weighted by Gasteiger charge is 2.29. The van der Waals surface area contributed by atoms with Crippen LogP contribution in [0.25, 0.3) is 10.2 Å². The highest BCUT2D eigenvalue weighted by Crippen LogP contribution is 2.43. The summed E-state index contributed by atoms with van der Waals surface area (Å²) in [5, 5.41) is 0. The van der Waals surface area contributed by atoms with Crippen LogP contribution in [0, 0.1) is 0 Å². The smallest absolute Gasteiger partial charge is 0.222 e. The number of hydrogen-bond donors (Lipinski definition) is 0. The van der Waals surface area contributed by atoms with Crippen LogP contribution in [0.5, 0.6) is 0 Å². The Bertz CT molecular complexity index is 756. The molecular weight excluding hydrogens is 520 g/mol. The van der Waals surface area contributed by atoms with Crippen molar-refractivity contribution >= 4 is 74.8 Å². The number of unbranched alkanes of at least 4 members (excludes halogenated alkanes) is 6. The molecular formula is C17H26Br2N2O2S3. The van der Waals surface area contributed by atoms with Crippen LogP contribution in [-0.2, 0) is 10.0 Å². The van der Waals surface area contributed by atoms with E-state index in [4.69, 9.17) is 0 Å². The van der Waals surface area contributed by atoms with Crippen molar-refractivity contribution in [2.45, 2.75) is 69.6 Å². The van der Waals surface area contributed by atoms with Gasteiger partial charge in [0.05, 0.1) is 12.3 Å². The molecule has 0 saturated heterocycles. The first-order valence-electron chi connectivity index (χ1n) is 9.16. The molecule has 0 fully saturated rings. The lowest BCUT2D eigenvalue weighted by molar-refractivity contribution is 0.385. The molecule has 2 aromatic heterocycles. The van der Waals surface area contributed by atoms with Gasteiger partial charge < -0.3 is 0 Å². The molecule has 0 atom stereocenters. The lowest BCUT2D eigenvalue weighted by Gasteiger charge is -2.20. The van der Waals surface area contributed by atoms with Crippen LogP contribution in [0.15, 0.2) is 11.9 Å². The molecule has 0 bridgehead atoms. The SMILES string of the molecule is CCCCCCN(CCCCCC)S(=O)(=O)c1nc2c(Br)sc(Br)c2s1. The number of hydrogen-bond acceptors (Lipinski definition) is 5. The Morgan fingerprint density at radius 2 is 1.46 bits per heavy atom. The van der Waals surface area contributed by atoms with Crippen molar-refractivity contribution in [1.82, 2.24) is 9.29 Å². The first kappa shape index (κ1) is 22.7. The van der Waals surface area contributed by atoms with Gasteiger partial charge in [-0.25, -0.2) is 13.4 Å². The summed E-state index contributed by atoms with van der Waals surface area (Å²) >= 11 is 9.77. The molecule has 0 N–H and O–H groups in total. The topological polar surface area (TPSA) is 50.3 Å². The highest BCUT2D eigenvalue weighted by atomic mass is 79.9. The molecule has 2 aromatic rings. The normalized spacial score (nSPS) is 12.5. The summed E-state index contributed by atoms with van der Waals surface area (Å²) in [4.78, 5) is 4.44. The summed E-state index contributed by atoms with van der Waals surface area (Å²) in [5.74, 6) is 0. The molecule has 0 saturated carbocycles. The zero-order chi connectivity index (χ0) is 19.2. The Morgan fingerprint density at radius 3 is 1.96 bits per heavy atom. The second-order valence-corrected chi connectivity index (χ2v) is 13.1. The Kier molecular flexibility index (Phi) is 9.50. The first-order valence-corrected chi connectivity index (χ1v) is 13.8. The van der Waals surface area contributed by atoms with Gasteiger partial charge in [-0.05, 0) is 44.7 Å². The Morgan fingerprint density at radius 1 is 0.885 bits per heavy atom. The molecule has 0 spiro atoms. The van der Waals surface area contributed by atoms with Gasteiger partial charge >= 0.3 is 0 Å². The van der Waals surface area contributed by atoms with Crippen molar-refractivity contribution in [2.24, 2.45) is 0 Å². The molecule has 0 aromatic carbocycles. The standard InChI is InChI=1S/C17H26Br2N2O2S3/c1-3-5-7-9-11-21(12-10-8-6-4-2)26(22,23)17-20-13-14(24-17)16(19)25-15(13)18/h3-12H2,1-2H3. The van der Waals surface area contributed by atoms with Gasteiger partial charge in [0.15, 0.2) is 0 Å². The number of halogens is 2. The lowest BCUT2D eigenvalue weighted by atomic mass is 10.2. The molecule has 2 rings (SSSR count). The molecule has 0 aliphatic rings. The maximum atomic E-state index is 13.2. The Labute approximate surface area is 181 Å². The minimum absolute atomic E-state index is 0.211. The fourth-order valence-electron chi connectivity index (χ4n) is 2.74. The molecule has 0 amide bonds. The van der Waals surface area contributed by atoms with E-state index in [1.54, 1.807) is 4.31 Å². The highest BCUT2D eigenvalue weighted by molar-refractivity contribution is 9.12. The number of fused-ring (bicyclic) bond motifs is 1. The van der Waals surface area contributed by atoms with E-state index in [0.29, 0.717) is 13.1 Å². The summed E-state index contributed by atoms with van der Waals surface area (Å²) in [6.07, 6.45) is 8.55. The average molecular weight is 546 g/mol. The zero-order valence-electron chi connectivity index (χ0n) is 15.3. The maximum Gasteiger partial charge on any atom is 0.270 e. The van der Waals surface area contributed by atoms with Crippen molar-refractivity contribution in [2.75, 3.05) is 13.1 Å². The number of thiophene rings is 1. The molecule has 26 heavy (non-hydrogen) atoms. The summed E-state index contributed by atoms with van der Waals surface area (Å²) in [5.41, 5.74) is 0.738. The predicted octanol–water partition coefficient (Wildman–Crippen LogP) is 7.03. The van der Waals surface area contributed by atoms with Crippen LogP contribution in [0.2, 0.25) is 0 Å². The molecule has 2 heterocycles. The maximum absolute atomic E-state index is 13.2. The summed E-state index contributed by atoms with van der Waals surface area (Å²) in [6, 6.07) is 0. The van der Waals surface area contributed by atoms with Gasteiger partial charge in [-0.3, -0.25) is 0 Å². The largest absolute Gasteiger partial charge is 0.270 e. The van der Waals surface area contributed by atoms with E-state index in [1.807, 2.05) is 0 Å². The van der Waals surface area contributed by atoms with Crippen LogP contribution in [0.4, 0.5) is 0 Å². The number of thiazole rings is 1. The van der Waals surface area contributed by atoms with E-state index < -0.39 is 10.0 Å². The third kappa shape index (κ3) is 5.73. The minimum atomic E-state index is -3.54. The fraction of sp³-hybridized carbons (Fsp3) is 0.706. The van der Waals surface area contributed by atoms with Gasteiger partial charge in [0.2, 0.25) is 4.34 Å². The van der Waals surface area contributed by atoms with E-state index in [-0.39, 0.29) is 4.34 Å². The number of aromatic nitrogens is 1.